The minimum absolute atomic E-state index is 0.283. The van der Waals surface area contributed by atoms with E-state index in [-0.39, 0.29) is 5.91 Å². The molecule has 1 aliphatic rings. The number of nitrogens with one attached hydrogen (secondary N) is 1. The van der Waals surface area contributed by atoms with Crippen LogP contribution < -0.4 is 16.0 Å². The average Bonchev–Trinajstić information content (AvgIpc) is 2.45. The Hall–Kier alpha value is -1.55. The van der Waals surface area contributed by atoms with E-state index in [1.54, 1.807) is 0 Å². The van der Waals surface area contributed by atoms with Gasteiger partial charge in [-0.1, -0.05) is 25.1 Å². The number of hydrogen-bond donors (Lipinski definition) is 2. The normalized spacial score (nSPS) is 17.4. The van der Waals surface area contributed by atoms with Crippen LogP contribution in [0.5, 0.6) is 0 Å². The minimum atomic E-state index is -0.680. The highest BCUT2D eigenvalue weighted by molar-refractivity contribution is 5.85. The Morgan fingerprint density at radius 3 is 2.90 bits per heavy atom. The van der Waals surface area contributed by atoms with Crippen LogP contribution in [0.3, 0.4) is 0 Å². The molecule has 0 aliphatic carbocycles. The highest BCUT2D eigenvalue weighted by Crippen LogP contribution is 2.27. The summed E-state index contributed by atoms with van der Waals surface area (Å²) in [5.41, 5.74) is 7.54. The molecule has 4 nitrogen and oxygen atoms in total. The number of amides is 1. The van der Waals surface area contributed by atoms with Crippen molar-refractivity contribution in [1.29, 1.82) is 0 Å². The van der Waals surface area contributed by atoms with E-state index in [1.165, 1.54) is 11.3 Å². The predicted molar refractivity (Wildman–Crippen MR) is 82.9 cm³/mol. The predicted octanol–water partition coefficient (Wildman–Crippen LogP) is 1.68. The molecule has 0 saturated heterocycles. The molecular formula is C16H25N3O. The van der Waals surface area contributed by atoms with E-state index in [9.17, 15) is 4.79 Å². The fourth-order valence-corrected chi connectivity index (χ4v) is 2.78. The van der Waals surface area contributed by atoms with Crippen molar-refractivity contribution >= 4 is 11.6 Å². The average molecular weight is 275 g/mol. The molecule has 2 rings (SSSR count). The van der Waals surface area contributed by atoms with Gasteiger partial charge in [0.1, 0.15) is 5.54 Å². The summed E-state index contributed by atoms with van der Waals surface area (Å²) in [6, 6.07) is 8.43. The molecule has 1 aromatic rings. The van der Waals surface area contributed by atoms with Gasteiger partial charge in [0.15, 0.2) is 0 Å². The van der Waals surface area contributed by atoms with Crippen LogP contribution in [0.15, 0.2) is 24.3 Å². The fraction of sp³-hybridized carbons (Fsp3) is 0.562. The third kappa shape index (κ3) is 3.12. The third-order valence-corrected chi connectivity index (χ3v) is 4.02. The first kappa shape index (κ1) is 14.9. The summed E-state index contributed by atoms with van der Waals surface area (Å²) in [6.07, 6.45) is 3.22. The van der Waals surface area contributed by atoms with Crippen molar-refractivity contribution in [3.8, 4) is 0 Å². The lowest BCUT2D eigenvalue weighted by Crippen LogP contribution is -2.60. The van der Waals surface area contributed by atoms with Crippen LogP contribution >= 0.6 is 0 Å². The number of carbonyl (C=O) groups excluding carboxylic acids is 1. The Morgan fingerprint density at radius 2 is 2.20 bits per heavy atom. The van der Waals surface area contributed by atoms with Gasteiger partial charge in [0.05, 0.1) is 0 Å². The topological polar surface area (TPSA) is 58.4 Å². The minimum Gasteiger partial charge on any atom is -0.369 e. The van der Waals surface area contributed by atoms with Crippen LogP contribution in [0.25, 0.3) is 0 Å². The molecule has 0 spiro atoms. The van der Waals surface area contributed by atoms with Gasteiger partial charge in [-0.2, -0.15) is 0 Å². The van der Waals surface area contributed by atoms with Gasteiger partial charge in [0.25, 0.3) is 0 Å². The maximum atomic E-state index is 11.8. The second-order valence-corrected chi connectivity index (χ2v) is 5.78. The summed E-state index contributed by atoms with van der Waals surface area (Å²) in [5, 5.41) is 3.31. The summed E-state index contributed by atoms with van der Waals surface area (Å²) in [5.74, 6) is -0.283. The van der Waals surface area contributed by atoms with Gasteiger partial charge in [-0.3, -0.25) is 4.79 Å². The molecule has 1 amide bonds. The number of primary amides is 1. The molecule has 20 heavy (non-hydrogen) atoms. The summed E-state index contributed by atoms with van der Waals surface area (Å²) >= 11 is 0. The van der Waals surface area contributed by atoms with Gasteiger partial charge in [-0.15, -0.1) is 0 Å². The van der Waals surface area contributed by atoms with E-state index in [2.05, 4.69) is 41.4 Å². The van der Waals surface area contributed by atoms with Gasteiger partial charge < -0.3 is 16.0 Å². The molecule has 4 heteroatoms. The highest BCUT2D eigenvalue weighted by atomic mass is 16.1. The van der Waals surface area contributed by atoms with Gasteiger partial charge in [-0.05, 0) is 44.4 Å². The molecule has 110 valence electrons. The van der Waals surface area contributed by atoms with Gasteiger partial charge in [0, 0.05) is 18.8 Å². The number of benzene rings is 1. The van der Waals surface area contributed by atoms with Crippen molar-refractivity contribution in [1.82, 2.24) is 5.32 Å². The zero-order valence-electron chi connectivity index (χ0n) is 12.5. The zero-order valence-corrected chi connectivity index (χ0v) is 12.5. The van der Waals surface area contributed by atoms with Crippen LogP contribution in [-0.4, -0.2) is 31.1 Å². The lowest BCUT2D eigenvalue weighted by Gasteiger charge is -2.38. The van der Waals surface area contributed by atoms with E-state index in [1.807, 2.05) is 6.92 Å². The Labute approximate surface area is 121 Å². The molecule has 0 radical (unpaired) electrons. The first-order valence-corrected chi connectivity index (χ1v) is 7.44. The maximum Gasteiger partial charge on any atom is 0.239 e. The zero-order chi connectivity index (χ0) is 14.6. The number of anilines is 1. The van der Waals surface area contributed by atoms with Crippen molar-refractivity contribution in [3.05, 3.63) is 29.8 Å². The van der Waals surface area contributed by atoms with E-state index in [0.717, 1.165) is 32.4 Å². The molecule has 1 atom stereocenters. The first-order chi connectivity index (χ1) is 9.57. The van der Waals surface area contributed by atoms with Crippen molar-refractivity contribution < 1.29 is 4.79 Å². The summed E-state index contributed by atoms with van der Waals surface area (Å²) in [6.45, 7) is 6.40. The van der Waals surface area contributed by atoms with Crippen LogP contribution in [0.4, 0.5) is 5.69 Å². The second kappa shape index (κ2) is 6.27. The third-order valence-electron chi connectivity index (χ3n) is 4.02. The Balaban J connectivity index is 2.18. The monoisotopic (exact) mass is 275 g/mol. The lowest BCUT2D eigenvalue weighted by atomic mass is 9.96. The lowest BCUT2D eigenvalue weighted by molar-refractivity contribution is -0.123. The fourth-order valence-electron chi connectivity index (χ4n) is 2.78. The van der Waals surface area contributed by atoms with Crippen molar-refractivity contribution in [2.75, 3.05) is 24.5 Å². The molecule has 0 fully saturated rings. The Kier molecular flexibility index (Phi) is 4.65. The molecule has 1 unspecified atom stereocenters. The van der Waals surface area contributed by atoms with Gasteiger partial charge in [0.2, 0.25) is 5.91 Å². The molecule has 3 N–H and O–H groups in total. The van der Waals surface area contributed by atoms with Crippen molar-refractivity contribution in [2.24, 2.45) is 5.73 Å². The Morgan fingerprint density at radius 1 is 1.45 bits per heavy atom. The first-order valence-electron chi connectivity index (χ1n) is 7.44. The SMILES string of the molecule is CCCNC(C)(CN1CCCc2ccccc21)C(N)=O. The van der Waals surface area contributed by atoms with E-state index < -0.39 is 5.54 Å². The number of hydrogen-bond acceptors (Lipinski definition) is 3. The number of carbonyl (C=O) groups is 1. The van der Waals surface area contributed by atoms with E-state index in [0.29, 0.717) is 6.54 Å². The maximum absolute atomic E-state index is 11.8. The summed E-state index contributed by atoms with van der Waals surface area (Å²) in [7, 11) is 0. The summed E-state index contributed by atoms with van der Waals surface area (Å²) in [4.78, 5) is 14.1. The number of rotatable bonds is 6. The molecule has 1 heterocycles. The van der Waals surface area contributed by atoms with Crippen molar-refractivity contribution in [2.45, 2.75) is 38.6 Å². The second-order valence-electron chi connectivity index (χ2n) is 5.78. The summed E-state index contributed by atoms with van der Waals surface area (Å²) < 4.78 is 0. The number of para-hydroxylation sites is 1. The molecule has 0 bridgehead atoms. The Bertz CT molecular complexity index is 475. The van der Waals surface area contributed by atoms with Crippen molar-refractivity contribution in [3.63, 3.8) is 0 Å². The largest absolute Gasteiger partial charge is 0.369 e. The van der Waals surface area contributed by atoms with Gasteiger partial charge in [-0.25, -0.2) is 0 Å². The van der Waals surface area contributed by atoms with Crippen LogP contribution in [0.2, 0.25) is 0 Å². The van der Waals surface area contributed by atoms with E-state index in [4.69, 9.17) is 5.73 Å². The highest BCUT2D eigenvalue weighted by Gasteiger charge is 2.33. The number of nitrogens with two attached hydrogens (primary N) is 1. The number of fused-ring (bicyclic) bond motifs is 1. The van der Waals surface area contributed by atoms with Gasteiger partial charge >= 0.3 is 0 Å². The number of aryl methyl sites for hydroxylation is 1. The van der Waals surface area contributed by atoms with E-state index >= 15 is 0 Å². The number of nitrogens with zero attached hydrogens (tertiary/aromatic N) is 1. The molecular weight excluding hydrogens is 250 g/mol. The van der Waals surface area contributed by atoms with Crippen LogP contribution in [0, 0.1) is 0 Å². The molecule has 1 aliphatic heterocycles. The van der Waals surface area contributed by atoms with Crippen LogP contribution in [-0.2, 0) is 11.2 Å². The smallest absolute Gasteiger partial charge is 0.239 e. The standard InChI is InChI=1S/C16H25N3O/c1-3-10-18-16(2,15(17)20)12-19-11-6-8-13-7-4-5-9-14(13)19/h4-5,7,9,18H,3,6,8,10-12H2,1-2H3,(H2,17,20). The quantitative estimate of drug-likeness (QED) is 0.830. The molecule has 0 aromatic heterocycles. The van der Waals surface area contributed by atoms with Crippen LogP contribution in [0.1, 0.15) is 32.3 Å². The molecule has 0 saturated carbocycles. The molecule has 1 aromatic carbocycles.